The zero-order valence-electron chi connectivity index (χ0n) is 19.7. The van der Waals surface area contributed by atoms with Crippen LogP contribution in [-0.4, -0.2) is 88.6 Å². The van der Waals surface area contributed by atoms with E-state index in [1.54, 1.807) is 6.92 Å². The summed E-state index contributed by atoms with van der Waals surface area (Å²) in [4.78, 5) is 36.7. The molecule has 9 heteroatoms. The molecule has 0 saturated heterocycles. The minimum atomic E-state index is -0.781. The Balaban J connectivity index is 2.47. The summed E-state index contributed by atoms with van der Waals surface area (Å²) in [5, 5.41) is 37.7. The zero-order chi connectivity index (χ0) is 24.6. The molecule has 0 radical (unpaired) electrons. The quantitative estimate of drug-likeness (QED) is 0.151. The van der Waals surface area contributed by atoms with Gasteiger partial charge in [0.1, 0.15) is 0 Å². The Morgan fingerprint density at radius 2 is 1.45 bits per heavy atom. The molecule has 0 aromatic carbocycles. The first-order valence-electron chi connectivity index (χ1n) is 12.0. The Kier molecular flexibility index (Phi) is 15.0. The minimum absolute atomic E-state index is 0.00299. The highest BCUT2D eigenvalue weighted by Gasteiger charge is 2.32. The summed E-state index contributed by atoms with van der Waals surface area (Å²) in [6, 6.07) is -0.781. The second-order valence-corrected chi connectivity index (χ2v) is 8.64. The molecule has 0 fully saturated rings. The van der Waals surface area contributed by atoms with Gasteiger partial charge in [0.05, 0.1) is 6.04 Å². The highest BCUT2D eigenvalue weighted by molar-refractivity contribution is 6.15. The Morgan fingerprint density at radius 1 is 0.848 bits per heavy atom. The molecule has 0 aliphatic carbocycles. The maximum Gasteiger partial charge on any atom is 0.254 e. The number of Topliss-reactive ketones (excluding diaryl/α,β-unsaturated/α-hetero) is 1. The number of hydrogen-bond donors (Lipinski definition) is 4. The van der Waals surface area contributed by atoms with E-state index < -0.39 is 17.9 Å². The molecule has 1 rings (SSSR count). The number of amides is 2. The summed E-state index contributed by atoms with van der Waals surface area (Å²) in [6.07, 6.45) is 6.79. The Hall–Kier alpha value is -1.65. The molecule has 9 nitrogen and oxygen atoms in total. The van der Waals surface area contributed by atoms with Gasteiger partial charge in [0.15, 0.2) is 5.78 Å². The number of unbranched alkanes of at least 4 members (excludes halogenated alkanes) is 1. The van der Waals surface area contributed by atoms with Crippen LogP contribution in [0.5, 0.6) is 0 Å². The first-order valence-corrected chi connectivity index (χ1v) is 12.0. The molecule has 4 atom stereocenters. The van der Waals surface area contributed by atoms with E-state index in [1.807, 2.05) is 0 Å². The summed E-state index contributed by atoms with van der Waals surface area (Å²) in [5.74, 6) is -0.896. The predicted molar refractivity (Wildman–Crippen MR) is 122 cm³/mol. The summed E-state index contributed by atoms with van der Waals surface area (Å²) in [7, 11) is 0. The number of aliphatic hydroxyl groups is 4. The first kappa shape index (κ1) is 29.4. The molecule has 0 saturated carbocycles. The average Bonchev–Trinajstić information content (AvgIpc) is 3.13. The Bertz CT molecular complexity index is 606. The van der Waals surface area contributed by atoms with Crippen molar-refractivity contribution in [2.45, 2.75) is 64.3 Å². The predicted octanol–water partition coefficient (Wildman–Crippen LogP) is 0.824. The monoisotopic (exact) mass is 471 g/mol. The van der Waals surface area contributed by atoms with Crippen molar-refractivity contribution in [3.05, 3.63) is 12.2 Å². The van der Waals surface area contributed by atoms with Crippen molar-refractivity contribution in [3.8, 4) is 0 Å². The normalized spacial score (nSPS) is 17.4. The van der Waals surface area contributed by atoms with Crippen molar-refractivity contribution in [2.24, 2.45) is 17.8 Å². The summed E-state index contributed by atoms with van der Waals surface area (Å²) in [5.41, 5.74) is 0. The third-order valence-corrected chi connectivity index (χ3v) is 6.40. The second kappa shape index (κ2) is 16.9. The Labute approximate surface area is 196 Å². The van der Waals surface area contributed by atoms with Gasteiger partial charge in [-0.1, -0.05) is 0 Å². The number of hydrogen-bond acceptors (Lipinski definition) is 8. The van der Waals surface area contributed by atoms with Crippen LogP contribution in [0.4, 0.5) is 0 Å². The van der Waals surface area contributed by atoms with Gasteiger partial charge in [-0.05, 0) is 69.6 Å². The lowest BCUT2D eigenvalue weighted by atomic mass is 9.75. The van der Waals surface area contributed by atoms with Crippen LogP contribution in [0, 0.1) is 17.8 Å². The van der Waals surface area contributed by atoms with Crippen LogP contribution in [0.25, 0.3) is 0 Å². The molecular formula is C24H41NO8. The number of carbonyl (C=O) groups is 3. The smallest absolute Gasteiger partial charge is 0.254 e. The summed E-state index contributed by atoms with van der Waals surface area (Å²) < 4.78 is 5.84. The standard InChI is InChI=1S/C24H41NO8/c1-18(25-23(31)7-8-24(25)32)22(30)6-2-3-16-33-17-20(10-14-28)21(11-15-29)19(9-13-27)5-4-12-26/h7-8,18-21,26-29H,2-6,9-17H2,1H3. The molecule has 0 aromatic rings. The highest BCUT2D eigenvalue weighted by Crippen LogP contribution is 2.33. The van der Waals surface area contributed by atoms with E-state index in [0.717, 1.165) is 11.3 Å². The fraction of sp³-hybridized carbons (Fsp3) is 0.792. The first-order chi connectivity index (χ1) is 15.9. The van der Waals surface area contributed by atoms with E-state index in [1.165, 1.54) is 12.2 Å². The fourth-order valence-electron chi connectivity index (χ4n) is 4.57. The lowest BCUT2D eigenvalue weighted by Gasteiger charge is -2.33. The molecule has 1 aliphatic heterocycles. The number of nitrogens with zero attached hydrogens (tertiary/aromatic N) is 1. The molecular weight excluding hydrogens is 430 g/mol. The lowest BCUT2D eigenvalue weighted by Crippen LogP contribution is -2.42. The molecule has 0 aromatic heterocycles. The minimum Gasteiger partial charge on any atom is -0.396 e. The number of imide groups is 1. The van der Waals surface area contributed by atoms with Crippen molar-refractivity contribution in [1.29, 1.82) is 0 Å². The highest BCUT2D eigenvalue weighted by atomic mass is 16.5. The molecule has 0 spiro atoms. The van der Waals surface area contributed by atoms with E-state index in [2.05, 4.69) is 0 Å². The van der Waals surface area contributed by atoms with Crippen molar-refractivity contribution in [3.63, 3.8) is 0 Å². The summed E-state index contributed by atoms with van der Waals surface area (Å²) >= 11 is 0. The van der Waals surface area contributed by atoms with Gasteiger partial charge in [-0.15, -0.1) is 0 Å². The van der Waals surface area contributed by atoms with Gasteiger partial charge >= 0.3 is 0 Å². The van der Waals surface area contributed by atoms with Gasteiger partial charge < -0.3 is 25.2 Å². The van der Waals surface area contributed by atoms with Gasteiger partial charge in [-0.25, -0.2) is 0 Å². The fourth-order valence-corrected chi connectivity index (χ4v) is 4.57. The second-order valence-electron chi connectivity index (χ2n) is 8.64. The van der Waals surface area contributed by atoms with Crippen LogP contribution in [0.2, 0.25) is 0 Å². The number of ketones is 1. The largest absolute Gasteiger partial charge is 0.396 e. The average molecular weight is 472 g/mol. The van der Waals surface area contributed by atoms with E-state index in [4.69, 9.17) is 4.74 Å². The van der Waals surface area contributed by atoms with E-state index in [9.17, 15) is 34.8 Å². The number of aliphatic hydroxyl groups excluding tert-OH is 4. The molecule has 2 amide bonds. The zero-order valence-corrected chi connectivity index (χ0v) is 19.7. The number of carbonyl (C=O) groups excluding carboxylic acids is 3. The van der Waals surface area contributed by atoms with Crippen molar-refractivity contribution in [2.75, 3.05) is 39.6 Å². The maximum atomic E-state index is 12.3. The van der Waals surface area contributed by atoms with Crippen LogP contribution >= 0.6 is 0 Å². The van der Waals surface area contributed by atoms with Gasteiger partial charge in [0, 0.05) is 58.2 Å². The van der Waals surface area contributed by atoms with Crippen LogP contribution in [0.15, 0.2) is 12.2 Å². The molecule has 1 aliphatic rings. The molecule has 4 N–H and O–H groups in total. The summed E-state index contributed by atoms with van der Waals surface area (Å²) in [6.45, 7) is 2.49. The van der Waals surface area contributed by atoms with Gasteiger partial charge in [-0.3, -0.25) is 19.3 Å². The van der Waals surface area contributed by atoms with Crippen molar-refractivity contribution in [1.82, 2.24) is 4.90 Å². The van der Waals surface area contributed by atoms with Crippen molar-refractivity contribution < 1.29 is 39.5 Å². The molecule has 4 unspecified atom stereocenters. The van der Waals surface area contributed by atoms with Crippen LogP contribution in [-0.2, 0) is 19.1 Å². The molecule has 0 bridgehead atoms. The van der Waals surface area contributed by atoms with Gasteiger partial charge in [0.25, 0.3) is 11.8 Å². The number of rotatable bonds is 20. The number of ether oxygens (including phenoxy) is 1. The molecule has 1 heterocycles. The third kappa shape index (κ3) is 10.0. The van der Waals surface area contributed by atoms with Crippen molar-refractivity contribution >= 4 is 17.6 Å². The van der Waals surface area contributed by atoms with Gasteiger partial charge in [0.2, 0.25) is 0 Å². The molecule has 33 heavy (non-hydrogen) atoms. The Morgan fingerprint density at radius 3 is 2.03 bits per heavy atom. The topological polar surface area (TPSA) is 145 Å². The van der Waals surface area contributed by atoms with E-state index in [0.29, 0.717) is 51.7 Å². The van der Waals surface area contributed by atoms with E-state index >= 15 is 0 Å². The van der Waals surface area contributed by atoms with E-state index in [-0.39, 0.29) is 56.4 Å². The van der Waals surface area contributed by atoms with Crippen LogP contribution in [0.3, 0.4) is 0 Å². The lowest BCUT2D eigenvalue weighted by molar-refractivity contribution is -0.144. The molecule has 190 valence electrons. The third-order valence-electron chi connectivity index (χ3n) is 6.40. The van der Waals surface area contributed by atoms with Crippen LogP contribution < -0.4 is 0 Å². The van der Waals surface area contributed by atoms with Gasteiger partial charge in [-0.2, -0.15) is 0 Å². The SMILES string of the molecule is CC(C(=O)CCCCOCC(CCO)C(CCO)C(CCO)CCCO)N1C(=O)C=CC1=O. The van der Waals surface area contributed by atoms with Crippen LogP contribution in [0.1, 0.15) is 58.3 Å². The maximum absolute atomic E-state index is 12.3.